The molecule has 1 fully saturated rings. The number of cyclic esters (lactones) is 1. The van der Waals surface area contributed by atoms with E-state index in [1.807, 2.05) is 12.1 Å². The Morgan fingerprint density at radius 2 is 2.18 bits per heavy atom. The van der Waals surface area contributed by atoms with Gasteiger partial charge in [-0.3, -0.25) is 4.79 Å². The number of fused-ring (bicyclic) bond motifs is 1. The molecule has 0 unspecified atom stereocenters. The molecule has 1 amide bonds. The highest BCUT2D eigenvalue weighted by Crippen LogP contribution is 2.31. The van der Waals surface area contributed by atoms with E-state index in [1.165, 1.54) is 0 Å². The second-order valence-corrected chi connectivity index (χ2v) is 4.29. The van der Waals surface area contributed by atoms with Gasteiger partial charge in [-0.05, 0) is 11.6 Å². The quantitative estimate of drug-likeness (QED) is 0.566. The average molecular weight is 232 g/mol. The SMILES string of the molecule is Nc1cccc2c1C(=O)N([C@H]1CCOC1=O)C2. The van der Waals surface area contributed by atoms with Crippen molar-refractivity contribution >= 4 is 17.6 Å². The van der Waals surface area contributed by atoms with Gasteiger partial charge in [0.1, 0.15) is 6.04 Å². The number of rotatable bonds is 1. The summed E-state index contributed by atoms with van der Waals surface area (Å²) in [5, 5.41) is 0. The number of hydrogen-bond acceptors (Lipinski definition) is 4. The summed E-state index contributed by atoms with van der Waals surface area (Å²) in [5.74, 6) is -0.480. The monoisotopic (exact) mass is 232 g/mol. The van der Waals surface area contributed by atoms with Crippen molar-refractivity contribution in [2.24, 2.45) is 0 Å². The number of hydrogen-bond donors (Lipinski definition) is 1. The Kier molecular flexibility index (Phi) is 2.07. The molecule has 0 radical (unpaired) electrons. The number of nitrogens with zero attached hydrogens (tertiary/aromatic N) is 1. The topological polar surface area (TPSA) is 72.6 Å². The van der Waals surface area contributed by atoms with E-state index in [1.54, 1.807) is 11.0 Å². The van der Waals surface area contributed by atoms with E-state index in [0.717, 1.165) is 5.56 Å². The number of nitrogens with two attached hydrogens (primary N) is 1. The van der Waals surface area contributed by atoms with Gasteiger partial charge in [-0.1, -0.05) is 12.1 Å². The van der Waals surface area contributed by atoms with Gasteiger partial charge in [0.15, 0.2) is 0 Å². The molecule has 1 aromatic rings. The highest BCUT2D eigenvalue weighted by atomic mass is 16.5. The van der Waals surface area contributed by atoms with Gasteiger partial charge in [0.25, 0.3) is 5.91 Å². The van der Waals surface area contributed by atoms with Crippen molar-refractivity contribution in [3.63, 3.8) is 0 Å². The molecule has 2 aliphatic heterocycles. The second kappa shape index (κ2) is 3.48. The van der Waals surface area contributed by atoms with E-state index in [4.69, 9.17) is 10.5 Å². The maximum atomic E-state index is 12.2. The third kappa shape index (κ3) is 1.39. The standard InChI is InChI=1S/C12H12N2O3/c13-8-3-1-2-7-6-14(11(15)10(7)8)9-4-5-17-12(9)16/h1-3,9H,4-6,13H2/t9-/m0/s1. The zero-order valence-electron chi connectivity index (χ0n) is 9.18. The van der Waals surface area contributed by atoms with E-state index in [-0.39, 0.29) is 11.9 Å². The Balaban J connectivity index is 1.96. The van der Waals surface area contributed by atoms with Crippen LogP contribution in [0.4, 0.5) is 5.69 Å². The molecule has 1 aromatic carbocycles. The van der Waals surface area contributed by atoms with E-state index in [2.05, 4.69) is 0 Å². The van der Waals surface area contributed by atoms with Gasteiger partial charge >= 0.3 is 5.97 Å². The Morgan fingerprint density at radius 3 is 2.82 bits per heavy atom. The van der Waals surface area contributed by atoms with Crippen LogP contribution in [-0.2, 0) is 16.1 Å². The molecule has 17 heavy (non-hydrogen) atoms. The highest BCUT2D eigenvalue weighted by molar-refractivity contribution is 6.04. The zero-order valence-corrected chi connectivity index (χ0v) is 9.18. The van der Waals surface area contributed by atoms with Crippen LogP contribution < -0.4 is 5.73 Å². The fraction of sp³-hybridized carbons (Fsp3) is 0.333. The number of esters is 1. The van der Waals surface area contributed by atoms with Crippen molar-refractivity contribution in [3.8, 4) is 0 Å². The summed E-state index contributed by atoms with van der Waals surface area (Å²) in [6.45, 7) is 0.831. The van der Waals surface area contributed by atoms with Gasteiger partial charge < -0.3 is 15.4 Å². The molecule has 0 saturated carbocycles. The Bertz CT molecular complexity index is 512. The Morgan fingerprint density at radius 1 is 1.35 bits per heavy atom. The van der Waals surface area contributed by atoms with E-state index >= 15 is 0 Å². The molecule has 0 bridgehead atoms. The first-order valence-electron chi connectivity index (χ1n) is 5.53. The molecule has 1 atom stereocenters. The molecule has 0 aliphatic carbocycles. The van der Waals surface area contributed by atoms with Gasteiger partial charge in [0.05, 0.1) is 12.2 Å². The molecule has 0 aromatic heterocycles. The van der Waals surface area contributed by atoms with Crippen molar-refractivity contribution < 1.29 is 14.3 Å². The molecular weight excluding hydrogens is 220 g/mol. The van der Waals surface area contributed by atoms with Crippen LogP contribution in [-0.4, -0.2) is 29.4 Å². The number of carbonyl (C=O) groups excluding carboxylic acids is 2. The fourth-order valence-corrected chi connectivity index (χ4v) is 2.43. The van der Waals surface area contributed by atoms with Gasteiger partial charge in [-0.2, -0.15) is 0 Å². The molecule has 5 heteroatoms. The minimum atomic E-state index is -0.450. The van der Waals surface area contributed by atoms with Crippen molar-refractivity contribution in [1.82, 2.24) is 4.90 Å². The number of nitrogen functional groups attached to an aromatic ring is 1. The van der Waals surface area contributed by atoms with Crippen LogP contribution in [0.1, 0.15) is 22.3 Å². The Hall–Kier alpha value is -2.04. The minimum Gasteiger partial charge on any atom is -0.464 e. The molecule has 1 saturated heterocycles. The lowest BCUT2D eigenvalue weighted by molar-refractivity contribution is -0.141. The summed E-state index contributed by atoms with van der Waals surface area (Å²) >= 11 is 0. The van der Waals surface area contributed by atoms with Crippen molar-refractivity contribution in [2.75, 3.05) is 12.3 Å². The summed E-state index contributed by atoms with van der Waals surface area (Å²) in [5.41, 5.74) is 7.69. The average Bonchev–Trinajstić information content (AvgIpc) is 2.84. The van der Waals surface area contributed by atoms with Crippen molar-refractivity contribution in [3.05, 3.63) is 29.3 Å². The van der Waals surface area contributed by atoms with Crippen LogP contribution in [0.5, 0.6) is 0 Å². The number of carbonyl (C=O) groups is 2. The smallest absolute Gasteiger partial charge is 0.329 e. The molecule has 2 aliphatic rings. The summed E-state index contributed by atoms with van der Waals surface area (Å²) in [4.78, 5) is 25.2. The summed E-state index contributed by atoms with van der Waals surface area (Å²) in [7, 11) is 0. The lowest BCUT2D eigenvalue weighted by Gasteiger charge is -2.19. The molecule has 2 heterocycles. The highest BCUT2D eigenvalue weighted by Gasteiger charge is 2.40. The fourth-order valence-electron chi connectivity index (χ4n) is 2.43. The summed E-state index contributed by atoms with van der Waals surface area (Å²) in [6, 6.07) is 4.93. The number of ether oxygens (including phenoxy) is 1. The molecule has 0 spiro atoms. The summed E-state index contributed by atoms with van der Waals surface area (Å²) in [6.07, 6.45) is 0.568. The summed E-state index contributed by atoms with van der Waals surface area (Å²) < 4.78 is 4.89. The molecule has 3 rings (SSSR count). The maximum Gasteiger partial charge on any atom is 0.329 e. The predicted octanol–water partition coefficient (Wildman–Crippen LogP) is 0.540. The third-order valence-corrected chi connectivity index (χ3v) is 3.28. The molecule has 5 nitrogen and oxygen atoms in total. The molecule has 2 N–H and O–H groups in total. The van der Waals surface area contributed by atoms with Crippen LogP contribution >= 0.6 is 0 Å². The van der Waals surface area contributed by atoms with Gasteiger partial charge in [0, 0.05) is 18.7 Å². The Labute approximate surface area is 98.1 Å². The third-order valence-electron chi connectivity index (χ3n) is 3.28. The van der Waals surface area contributed by atoms with Crippen molar-refractivity contribution in [2.45, 2.75) is 19.0 Å². The van der Waals surface area contributed by atoms with Crippen LogP contribution in [0.2, 0.25) is 0 Å². The van der Waals surface area contributed by atoms with Crippen LogP contribution in [0, 0.1) is 0 Å². The second-order valence-electron chi connectivity index (χ2n) is 4.29. The van der Waals surface area contributed by atoms with E-state index in [0.29, 0.717) is 30.8 Å². The first-order valence-corrected chi connectivity index (χ1v) is 5.53. The maximum absolute atomic E-state index is 12.2. The van der Waals surface area contributed by atoms with Crippen LogP contribution in [0.15, 0.2) is 18.2 Å². The minimum absolute atomic E-state index is 0.165. The zero-order chi connectivity index (χ0) is 12.0. The number of benzene rings is 1. The largest absolute Gasteiger partial charge is 0.464 e. The van der Waals surface area contributed by atoms with E-state index < -0.39 is 6.04 Å². The number of amides is 1. The van der Waals surface area contributed by atoms with Gasteiger partial charge in [-0.15, -0.1) is 0 Å². The van der Waals surface area contributed by atoms with E-state index in [9.17, 15) is 9.59 Å². The van der Waals surface area contributed by atoms with Crippen molar-refractivity contribution in [1.29, 1.82) is 0 Å². The first kappa shape index (κ1) is 10.1. The van der Waals surface area contributed by atoms with Gasteiger partial charge in [-0.25, -0.2) is 4.79 Å². The van der Waals surface area contributed by atoms with Crippen LogP contribution in [0.3, 0.4) is 0 Å². The lowest BCUT2D eigenvalue weighted by Crippen LogP contribution is -2.38. The number of anilines is 1. The van der Waals surface area contributed by atoms with Crippen LogP contribution in [0.25, 0.3) is 0 Å². The van der Waals surface area contributed by atoms with Gasteiger partial charge in [0.2, 0.25) is 0 Å². The first-order chi connectivity index (χ1) is 8.18. The lowest BCUT2D eigenvalue weighted by atomic mass is 10.1. The molecule has 88 valence electrons. The molecular formula is C12H12N2O3. The normalized spacial score (nSPS) is 22.8. The predicted molar refractivity (Wildman–Crippen MR) is 60.1 cm³/mol.